The largest absolute Gasteiger partial charge is 0.370 e. The molecule has 0 amide bonds. The zero-order chi connectivity index (χ0) is 13.9. The smallest absolute Gasteiger partial charge is 0.223 e. The van der Waals surface area contributed by atoms with Gasteiger partial charge < -0.3 is 10.5 Å². The minimum Gasteiger partial charge on any atom is -0.370 e. The van der Waals surface area contributed by atoms with Crippen molar-refractivity contribution in [3.63, 3.8) is 0 Å². The summed E-state index contributed by atoms with van der Waals surface area (Å²) in [6.45, 7) is 4.12. The van der Waals surface area contributed by atoms with Gasteiger partial charge in [-0.3, -0.25) is 0 Å². The third-order valence-corrected chi connectivity index (χ3v) is 3.90. The van der Waals surface area contributed by atoms with Crippen molar-refractivity contribution >= 4 is 5.95 Å². The SMILES string of the molecule is COC1(c2nc(N)nc(C(C)C)n2)CCCCCC1. The molecule has 0 aromatic carbocycles. The van der Waals surface area contributed by atoms with E-state index in [9.17, 15) is 0 Å². The quantitative estimate of drug-likeness (QED) is 0.850. The Labute approximate surface area is 115 Å². The summed E-state index contributed by atoms with van der Waals surface area (Å²) in [4.78, 5) is 13.2. The van der Waals surface area contributed by atoms with Gasteiger partial charge in [0.15, 0.2) is 5.82 Å². The molecule has 1 heterocycles. The summed E-state index contributed by atoms with van der Waals surface area (Å²) in [5.41, 5.74) is 5.46. The zero-order valence-electron chi connectivity index (χ0n) is 12.1. The van der Waals surface area contributed by atoms with Crippen LogP contribution in [-0.4, -0.2) is 22.1 Å². The lowest BCUT2D eigenvalue weighted by molar-refractivity contribution is -0.0354. The van der Waals surface area contributed by atoms with Gasteiger partial charge in [0.2, 0.25) is 5.95 Å². The molecule has 106 valence electrons. The number of methoxy groups -OCH3 is 1. The fourth-order valence-corrected chi connectivity index (χ4v) is 2.69. The number of ether oxygens (including phenoxy) is 1. The first kappa shape index (κ1) is 14.2. The molecule has 5 nitrogen and oxygen atoms in total. The number of anilines is 1. The van der Waals surface area contributed by atoms with Crippen LogP contribution in [0.5, 0.6) is 0 Å². The van der Waals surface area contributed by atoms with E-state index >= 15 is 0 Å². The van der Waals surface area contributed by atoms with E-state index in [0.717, 1.165) is 31.5 Å². The van der Waals surface area contributed by atoms with Crippen LogP contribution >= 0.6 is 0 Å². The van der Waals surface area contributed by atoms with Crippen molar-refractivity contribution in [1.29, 1.82) is 0 Å². The maximum absolute atomic E-state index is 5.84. The van der Waals surface area contributed by atoms with E-state index in [-0.39, 0.29) is 11.5 Å². The Morgan fingerprint density at radius 2 is 1.68 bits per heavy atom. The van der Waals surface area contributed by atoms with Gasteiger partial charge >= 0.3 is 0 Å². The molecule has 0 spiro atoms. The molecular formula is C14H24N4O. The van der Waals surface area contributed by atoms with Gasteiger partial charge in [0.25, 0.3) is 0 Å². The minimum atomic E-state index is -0.378. The third-order valence-electron chi connectivity index (χ3n) is 3.90. The predicted molar refractivity (Wildman–Crippen MR) is 74.7 cm³/mol. The average molecular weight is 264 g/mol. The Bertz CT molecular complexity index is 425. The van der Waals surface area contributed by atoms with Crippen LogP contribution in [0.4, 0.5) is 5.95 Å². The number of rotatable bonds is 3. The maximum atomic E-state index is 5.84. The van der Waals surface area contributed by atoms with Gasteiger partial charge in [-0.2, -0.15) is 9.97 Å². The minimum absolute atomic E-state index is 0.240. The highest BCUT2D eigenvalue weighted by molar-refractivity contribution is 5.20. The first-order valence-electron chi connectivity index (χ1n) is 7.14. The van der Waals surface area contributed by atoms with Crippen LogP contribution < -0.4 is 5.73 Å². The number of nitrogen functional groups attached to an aromatic ring is 1. The molecule has 1 aromatic rings. The summed E-state index contributed by atoms with van der Waals surface area (Å²) in [6.07, 6.45) is 6.73. The van der Waals surface area contributed by atoms with E-state index < -0.39 is 0 Å². The Hall–Kier alpha value is -1.23. The van der Waals surface area contributed by atoms with Crippen molar-refractivity contribution in [3.8, 4) is 0 Å². The highest BCUT2D eigenvalue weighted by Crippen LogP contribution is 2.37. The van der Waals surface area contributed by atoms with E-state index in [2.05, 4.69) is 28.8 Å². The van der Waals surface area contributed by atoms with E-state index in [4.69, 9.17) is 10.5 Å². The normalized spacial score (nSPS) is 19.4. The van der Waals surface area contributed by atoms with Crippen LogP contribution in [0.3, 0.4) is 0 Å². The molecule has 0 bridgehead atoms. The molecule has 2 rings (SSSR count). The molecule has 1 saturated carbocycles. The van der Waals surface area contributed by atoms with Crippen LogP contribution in [0.25, 0.3) is 0 Å². The molecule has 19 heavy (non-hydrogen) atoms. The topological polar surface area (TPSA) is 73.9 Å². The zero-order valence-corrected chi connectivity index (χ0v) is 12.1. The van der Waals surface area contributed by atoms with Crippen molar-refractivity contribution in [3.05, 3.63) is 11.6 Å². The second-order valence-corrected chi connectivity index (χ2v) is 5.64. The number of hydrogen-bond acceptors (Lipinski definition) is 5. The summed E-state index contributed by atoms with van der Waals surface area (Å²) in [5, 5.41) is 0. The van der Waals surface area contributed by atoms with Gasteiger partial charge in [-0.05, 0) is 12.8 Å². The van der Waals surface area contributed by atoms with Crippen molar-refractivity contribution in [1.82, 2.24) is 15.0 Å². The van der Waals surface area contributed by atoms with Gasteiger partial charge in [-0.1, -0.05) is 39.5 Å². The Balaban J connectivity index is 2.41. The van der Waals surface area contributed by atoms with Gasteiger partial charge in [0.05, 0.1) is 0 Å². The number of aromatic nitrogens is 3. The van der Waals surface area contributed by atoms with E-state index in [1.54, 1.807) is 7.11 Å². The second kappa shape index (κ2) is 5.82. The van der Waals surface area contributed by atoms with Crippen LogP contribution in [0.2, 0.25) is 0 Å². The molecule has 1 aromatic heterocycles. The van der Waals surface area contributed by atoms with Crippen LogP contribution in [-0.2, 0) is 10.3 Å². The summed E-state index contributed by atoms with van der Waals surface area (Å²) < 4.78 is 5.83. The molecule has 0 radical (unpaired) electrons. The van der Waals surface area contributed by atoms with Gasteiger partial charge in [-0.25, -0.2) is 4.98 Å². The van der Waals surface area contributed by atoms with E-state index in [1.165, 1.54) is 12.8 Å². The monoisotopic (exact) mass is 264 g/mol. The molecule has 5 heteroatoms. The molecule has 1 aliphatic rings. The standard InChI is InChI=1S/C14H24N4O/c1-10(2)11-16-12(18-13(15)17-11)14(19-3)8-6-4-5-7-9-14/h10H,4-9H2,1-3H3,(H2,15,16,17,18). The lowest BCUT2D eigenvalue weighted by Crippen LogP contribution is -2.31. The average Bonchev–Trinajstić information content (AvgIpc) is 2.64. The Morgan fingerprint density at radius 3 is 2.21 bits per heavy atom. The maximum Gasteiger partial charge on any atom is 0.223 e. The second-order valence-electron chi connectivity index (χ2n) is 5.64. The summed E-state index contributed by atoms with van der Waals surface area (Å²) >= 11 is 0. The van der Waals surface area contributed by atoms with Crippen LogP contribution in [0.15, 0.2) is 0 Å². The van der Waals surface area contributed by atoms with Crippen LogP contribution in [0.1, 0.15) is 69.9 Å². The summed E-state index contributed by atoms with van der Waals surface area (Å²) in [7, 11) is 1.75. The first-order chi connectivity index (χ1) is 9.07. The van der Waals surface area contributed by atoms with Crippen LogP contribution in [0, 0.1) is 0 Å². The Kier molecular flexibility index (Phi) is 4.34. The molecular weight excluding hydrogens is 240 g/mol. The fraction of sp³-hybridized carbons (Fsp3) is 0.786. The molecule has 0 aliphatic heterocycles. The lowest BCUT2D eigenvalue weighted by Gasteiger charge is -2.30. The van der Waals surface area contributed by atoms with Gasteiger partial charge in [0.1, 0.15) is 11.4 Å². The summed E-state index contributed by atoms with van der Waals surface area (Å²) in [6, 6.07) is 0. The summed E-state index contributed by atoms with van der Waals surface area (Å²) in [5.74, 6) is 2.01. The fourth-order valence-electron chi connectivity index (χ4n) is 2.69. The predicted octanol–water partition coefficient (Wildman–Crippen LogP) is 2.77. The van der Waals surface area contributed by atoms with E-state index in [0.29, 0.717) is 11.8 Å². The first-order valence-corrected chi connectivity index (χ1v) is 7.14. The third kappa shape index (κ3) is 3.03. The molecule has 2 N–H and O–H groups in total. The molecule has 0 saturated heterocycles. The Morgan fingerprint density at radius 1 is 1.05 bits per heavy atom. The van der Waals surface area contributed by atoms with Gasteiger partial charge in [-0.15, -0.1) is 0 Å². The van der Waals surface area contributed by atoms with Crippen molar-refractivity contribution in [2.75, 3.05) is 12.8 Å². The van der Waals surface area contributed by atoms with Crippen molar-refractivity contribution in [2.45, 2.75) is 63.9 Å². The highest BCUT2D eigenvalue weighted by Gasteiger charge is 2.36. The lowest BCUT2D eigenvalue weighted by atomic mass is 9.93. The number of nitrogens with zero attached hydrogens (tertiary/aromatic N) is 3. The number of hydrogen-bond donors (Lipinski definition) is 1. The molecule has 1 aliphatic carbocycles. The molecule has 0 atom stereocenters. The molecule has 0 unspecified atom stereocenters. The van der Waals surface area contributed by atoms with Gasteiger partial charge in [0, 0.05) is 13.0 Å². The van der Waals surface area contributed by atoms with E-state index in [1.807, 2.05) is 0 Å². The number of nitrogens with two attached hydrogens (primary N) is 1. The van der Waals surface area contributed by atoms with Crippen molar-refractivity contribution < 1.29 is 4.74 Å². The highest BCUT2D eigenvalue weighted by atomic mass is 16.5. The molecule has 1 fully saturated rings. The van der Waals surface area contributed by atoms with Crippen molar-refractivity contribution in [2.24, 2.45) is 0 Å².